The van der Waals surface area contributed by atoms with Crippen LogP contribution in [0.3, 0.4) is 0 Å². The summed E-state index contributed by atoms with van der Waals surface area (Å²) in [5.74, 6) is 0.368. The molecule has 2 aromatic carbocycles. The smallest absolute Gasteiger partial charge is 0.195 e. The number of hydrogen-bond donors (Lipinski definition) is 1. The number of fused-ring (bicyclic) bond motifs is 1. The van der Waals surface area contributed by atoms with Gasteiger partial charge in [-0.2, -0.15) is 0 Å². The summed E-state index contributed by atoms with van der Waals surface area (Å²) >= 11 is 1.45. The summed E-state index contributed by atoms with van der Waals surface area (Å²) in [5.41, 5.74) is 6.74. The molecule has 5 rings (SSSR count). The third kappa shape index (κ3) is 4.05. The lowest BCUT2D eigenvalue weighted by Gasteiger charge is -2.11. The summed E-state index contributed by atoms with van der Waals surface area (Å²) in [6.07, 6.45) is 5.08. The second kappa shape index (κ2) is 9.00. The number of thiazole rings is 1. The van der Waals surface area contributed by atoms with E-state index in [0.717, 1.165) is 23.4 Å². The van der Waals surface area contributed by atoms with E-state index >= 15 is 0 Å². The highest BCUT2D eigenvalue weighted by Gasteiger charge is 2.35. The maximum Gasteiger partial charge on any atom is 0.195 e. The Balaban J connectivity index is 1.47. The van der Waals surface area contributed by atoms with Crippen molar-refractivity contribution in [2.45, 2.75) is 19.8 Å². The molecule has 4 aromatic rings. The van der Waals surface area contributed by atoms with Gasteiger partial charge in [0.05, 0.1) is 22.7 Å². The van der Waals surface area contributed by atoms with Gasteiger partial charge in [0.2, 0.25) is 0 Å². The van der Waals surface area contributed by atoms with Gasteiger partial charge in [-0.1, -0.05) is 36.4 Å². The molecule has 0 radical (unpaired) electrons. The van der Waals surface area contributed by atoms with Crippen LogP contribution in [-0.2, 0) is 6.42 Å². The highest BCUT2D eigenvalue weighted by molar-refractivity contribution is 7.11. The molecule has 0 amide bonds. The van der Waals surface area contributed by atoms with Crippen LogP contribution < -0.4 is 4.74 Å². The highest BCUT2D eigenvalue weighted by Crippen LogP contribution is 2.48. The number of pyridine rings is 1. The number of benzene rings is 2. The van der Waals surface area contributed by atoms with Crippen LogP contribution in [0.4, 0.5) is 0 Å². The molecule has 2 aromatic heterocycles. The number of carbonyl (C=O) groups is 1. The number of nitrogens with zero attached hydrogens (tertiary/aromatic N) is 2. The lowest BCUT2D eigenvalue weighted by molar-refractivity contribution is 0.105. The van der Waals surface area contributed by atoms with E-state index in [1.54, 1.807) is 36.1 Å². The van der Waals surface area contributed by atoms with Crippen LogP contribution in [0.2, 0.25) is 0 Å². The minimum absolute atomic E-state index is 0.0283. The number of hydrogen-bond acceptors (Lipinski definition) is 6. The van der Waals surface area contributed by atoms with Crippen LogP contribution in [0.1, 0.15) is 44.0 Å². The highest BCUT2D eigenvalue weighted by atomic mass is 32.1. The average Bonchev–Trinajstić information content (AvgIpc) is 3.38. The quantitative estimate of drug-likeness (QED) is 0.362. The number of allylic oxidation sites excluding steroid dienone is 1. The zero-order valence-electron chi connectivity index (χ0n) is 18.1. The van der Waals surface area contributed by atoms with Crippen molar-refractivity contribution in [2.75, 3.05) is 6.61 Å². The van der Waals surface area contributed by atoms with E-state index in [-0.39, 0.29) is 11.5 Å². The first-order chi connectivity index (χ1) is 16.1. The molecule has 164 valence electrons. The predicted octanol–water partition coefficient (Wildman–Crippen LogP) is 5.72. The van der Waals surface area contributed by atoms with Crippen molar-refractivity contribution in [3.8, 4) is 11.5 Å². The Hall–Kier alpha value is -3.77. The number of carbonyl (C=O) groups excluding carboxylic acids is 1. The van der Waals surface area contributed by atoms with Crippen molar-refractivity contribution in [3.05, 3.63) is 105 Å². The Labute approximate surface area is 196 Å². The molecule has 0 atom stereocenters. The molecule has 0 saturated carbocycles. The minimum atomic E-state index is -0.147. The standard InChI is InChI=1S/C27H22N2O3S/c1-17-27(33-16-29-17)25-23(19-10-5-11-28-15-19)26(31)21-13-20(14-22(30)24(21)25)32-12-6-9-18-7-3-2-4-8-18/h2-5,7-8,10-11,13-16,30H,6,9,12H2,1H3. The first-order valence-corrected chi connectivity index (χ1v) is 11.7. The molecule has 0 saturated heterocycles. The first-order valence-electron chi connectivity index (χ1n) is 10.8. The van der Waals surface area contributed by atoms with Gasteiger partial charge in [0, 0.05) is 46.3 Å². The number of ether oxygens (including phenoxy) is 1. The molecule has 6 heteroatoms. The number of phenols is 1. The second-order valence-electron chi connectivity index (χ2n) is 7.89. The van der Waals surface area contributed by atoms with E-state index < -0.39 is 0 Å². The number of phenolic OH excluding ortho intramolecular Hbond substituents is 1. The summed E-state index contributed by atoms with van der Waals surface area (Å²) in [4.78, 5) is 23.0. The van der Waals surface area contributed by atoms with Gasteiger partial charge in [0.1, 0.15) is 11.5 Å². The van der Waals surface area contributed by atoms with Gasteiger partial charge < -0.3 is 9.84 Å². The molecule has 5 nitrogen and oxygen atoms in total. The predicted molar refractivity (Wildman–Crippen MR) is 130 cm³/mol. The number of rotatable bonds is 7. The summed E-state index contributed by atoms with van der Waals surface area (Å²) in [6.45, 7) is 2.40. The third-order valence-electron chi connectivity index (χ3n) is 5.71. The largest absolute Gasteiger partial charge is 0.507 e. The van der Waals surface area contributed by atoms with Gasteiger partial charge in [-0.25, -0.2) is 4.98 Å². The van der Waals surface area contributed by atoms with Crippen molar-refractivity contribution in [1.29, 1.82) is 0 Å². The average molecular weight is 455 g/mol. The number of aromatic hydroxyl groups is 1. The molecule has 0 spiro atoms. The molecular weight excluding hydrogens is 432 g/mol. The van der Waals surface area contributed by atoms with Crippen LogP contribution in [-0.4, -0.2) is 27.5 Å². The van der Waals surface area contributed by atoms with Crippen molar-refractivity contribution in [3.63, 3.8) is 0 Å². The lowest BCUT2D eigenvalue weighted by Crippen LogP contribution is -2.02. The van der Waals surface area contributed by atoms with E-state index in [0.29, 0.717) is 40.2 Å². The minimum Gasteiger partial charge on any atom is -0.507 e. The number of Topliss-reactive ketones (excluding diaryl/α,β-unsaturated/α-hetero) is 1. The van der Waals surface area contributed by atoms with Crippen molar-refractivity contribution >= 4 is 28.3 Å². The Morgan fingerprint density at radius 3 is 2.64 bits per heavy atom. The van der Waals surface area contributed by atoms with Crippen molar-refractivity contribution in [1.82, 2.24) is 9.97 Å². The number of aryl methyl sites for hydroxylation is 2. The van der Waals surface area contributed by atoms with Crippen molar-refractivity contribution in [2.24, 2.45) is 0 Å². The summed E-state index contributed by atoms with van der Waals surface area (Å²) in [6, 6.07) is 17.2. The van der Waals surface area contributed by atoms with Crippen LogP contribution in [0.25, 0.3) is 11.1 Å². The van der Waals surface area contributed by atoms with Gasteiger partial charge in [0.25, 0.3) is 0 Å². The van der Waals surface area contributed by atoms with Crippen LogP contribution in [0.15, 0.2) is 72.5 Å². The van der Waals surface area contributed by atoms with E-state index in [1.807, 2.05) is 31.2 Å². The summed E-state index contributed by atoms with van der Waals surface area (Å²) in [7, 11) is 0. The maximum absolute atomic E-state index is 13.6. The van der Waals surface area contributed by atoms with E-state index in [2.05, 4.69) is 22.1 Å². The van der Waals surface area contributed by atoms with Gasteiger partial charge in [-0.05, 0) is 37.5 Å². The Kier molecular flexibility index (Phi) is 5.75. The summed E-state index contributed by atoms with van der Waals surface area (Å²) < 4.78 is 5.92. The van der Waals surface area contributed by atoms with E-state index in [9.17, 15) is 9.90 Å². The van der Waals surface area contributed by atoms with Crippen LogP contribution >= 0.6 is 11.3 Å². The molecule has 1 aliphatic carbocycles. The molecule has 2 heterocycles. The second-order valence-corrected chi connectivity index (χ2v) is 8.75. The van der Waals surface area contributed by atoms with Crippen LogP contribution in [0, 0.1) is 6.92 Å². The fraction of sp³-hybridized carbons (Fsp3) is 0.148. The van der Waals surface area contributed by atoms with Crippen LogP contribution in [0.5, 0.6) is 11.5 Å². The lowest BCUT2D eigenvalue weighted by atomic mass is 9.99. The molecule has 0 fully saturated rings. The van der Waals surface area contributed by atoms with E-state index in [4.69, 9.17) is 4.74 Å². The topological polar surface area (TPSA) is 72.3 Å². The molecule has 0 aliphatic heterocycles. The molecule has 1 N–H and O–H groups in total. The zero-order valence-corrected chi connectivity index (χ0v) is 18.9. The maximum atomic E-state index is 13.6. The van der Waals surface area contributed by atoms with Crippen molar-refractivity contribution < 1.29 is 14.6 Å². The fourth-order valence-corrected chi connectivity index (χ4v) is 5.03. The first kappa shape index (κ1) is 21.1. The fourth-order valence-electron chi connectivity index (χ4n) is 4.17. The molecule has 33 heavy (non-hydrogen) atoms. The molecular formula is C27H22N2O3S. The Morgan fingerprint density at radius 2 is 1.91 bits per heavy atom. The van der Waals surface area contributed by atoms with E-state index in [1.165, 1.54) is 16.9 Å². The van der Waals surface area contributed by atoms with Gasteiger partial charge >= 0.3 is 0 Å². The number of aromatic nitrogens is 2. The zero-order chi connectivity index (χ0) is 22.8. The normalized spacial score (nSPS) is 12.8. The Morgan fingerprint density at radius 1 is 1.06 bits per heavy atom. The Bertz CT molecular complexity index is 1340. The molecule has 0 bridgehead atoms. The van der Waals surface area contributed by atoms with Gasteiger partial charge in [-0.3, -0.25) is 9.78 Å². The SMILES string of the molecule is Cc1ncsc1C1=C(c2cccnc2)C(=O)c2cc(OCCCc3ccccc3)cc(O)c21. The van der Waals surface area contributed by atoms with Gasteiger partial charge in [-0.15, -0.1) is 11.3 Å². The molecule has 0 unspecified atom stereocenters. The summed E-state index contributed by atoms with van der Waals surface area (Å²) in [5, 5.41) is 11.0. The van der Waals surface area contributed by atoms with Gasteiger partial charge in [0.15, 0.2) is 5.78 Å². The number of ketones is 1. The third-order valence-corrected chi connectivity index (χ3v) is 6.65. The monoisotopic (exact) mass is 454 g/mol. The molecule has 1 aliphatic rings.